The van der Waals surface area contributed by atoms with Crippen molar-refractivity contribution in [2.45, 2.75) is 13.8 Å². The molecule has 0 unspecified atom stereocenters. The standard InChI is InChI=1S/C14H13BrN4/c1-8-5-6-17-7-10(8)13-14(16)19-9(2)11(15)3-4-12(19)18-13/h3-7H,16H2,1-2H3. The molecule has 0 radical (unpaired) electrons. The van der Waals surface area contributed by atoms with E-state index >= 15 is 0 Å². The summed E-state index contributed by atoms with van der Waals surface area (Å²) in [7, 11) is 0. The van der Waals surface area contributed by atoms with Gasteiger partial charge in [0.15, 0.2) is 0 Å². The van der Waals surface area contributed by atoms with Crippen molar-refractivity contribution < 1.29 is 0 Å². The normalized spacial score (nSPS) is 11.1. The van der Waals surface area contributed by atoms with E-state index in [1.165, 1.54) is 0 Å². The zero-order valence-corrected chi connectivity index (χ0v) is 12.3. The van der Waals surface area contributed by atoms with Gasteiger partial charge in [-0.2, -0.15) is 0 Å². The lowest BCUT2D eigenvalue weighted by atomic mass is 10.1. The molecule has 0 bridgehead atoms. The van der Waals surface area contributed by atoms with Gasteiger partial charge in [-0.3, -0.25) is 9.38 Å². The van der Waals surface area contributed by atoms with E-state index in [-0.39, 0.29) is 0 Å². The summed E-state index contributed by atoms with van der Waals surface area (Å²) in [6.45, 7) is 4.04. The van der Waals surface area contributed by atoms with Gasteiger partial charge >= 0.3 is 0 Å². The number of nitrogens with zero attached hydrogens (tertiary/aromatic N) is 3. The Labute approximate surface area is 119 Å². The van der Waals surface area contributed by atoms with Crippen molar-refractivity contribution in [3.63, 3.8) is 0 Å². The number of imidazole rings is 1. The highest BCUT2D eigenvalue weighted by molar-refractivity contribution is 9.10. The van der Waals surface area contributed by atoms with Crippen molar-refractivity contribution in [3.8, 4) is 11.3 Å². The third-order valence-electron chi connectivity index (χ3n) is 3.29. The first kappa shape index (κ1) is 12.2. The number of fused-ring (bicyclic) bond motifs is 1. The highest BCUT2D eigenvalue weighted by Gasteiger charge is 2.15. The Kier molecular flexibility index (Phi) is 2.78. The maximum atomic E-state index is 6.26. The molecule has 19 heavy (non-hydrogen) atoms. The molecule has 3 rings (SSSR count). The Hall–Kier alpha value is -1.88. The van der Waals surface area contributed by atoms with Crippen molar-refractivity contribution in [1.82, 2.24) is 14.4 Å². The minimum absolute atomic E-state index is 0.643. The summed E-state index contributed by atoms with van der Waals surface area (Å²) in [4.78, 5) is 8.78. The highest BCUT2D eigenvalue weighted by atomic mass is 79.9. The molecule has 0 amide bonds. The van der Waals surface area contributed by atoms with E-state index in [1.807, 2.05) is 36.4 Å². The SMILES string of the molecule is Cc1ccncc1-c1nc2ccc(Br)c(C)n2c1N. The van der Waals surface area contributed by atoms with Gasteiger partial charge in [0, 0.05) is 28.1 Å². The van der Waals surface area contributed by atoms with Crippen LogP contribution >= 0.6 is 15.9 Å². The topological polar surface area (TPSA) is 56.2 Å². The molecule has 0 saturated heterocycles. The largest absolute Gasteiger partial charge is 0.383 e. The summed E-state index contributed by atoms with van der Waals surface area (Å²) in [6, 6.07) is 5.89. The lowest BCUT2D eigenvalue weighted by Crippen LogP contribution is -1.99. The van der Waals surface area contributed by atoms with Crippen LogP contribution in [0.15, 0.2) is 35.1 Å². The first-order chi connectivity index (χ1) is 9.09. The highest BCUT2D eigenvalue weighted by Crippen LogP contribution is 2.30. The van der Waals surface area contributed by atoms with Crippen LogP contribution in [-0.4, -0.2) is 14.4 Å². The van der Waals surface area contributed by atoms with Crippen LogP contribution in [0.5, 0.6) is 0 Å². The predicted octanol–water partition coefficient (Wildman–Crippen LogP) is 3.36. The molecular weight excluding hydrogens is 304 g/mol. The van der Waals surface area contributed by atoms with Gasteiger partial charge in [-0.15, -0.1) is 0 Å². The fourth-order valence-electron chi connectivity index (χ4n) is 2.20. The lowest BCUT2D eigenvalue weighted by molar-refractivity contribution is 1.09. The fraction of sp³-hybridized carbons (Fsp3) is 0.143. The van der Waals surface area contributed by atoms with Crippen LogP contribution in [0.4, 0.5) is 5.82 Å². The zero-order chi connectivity index (χ0) is 13.6. The number of halogens is 1. The van der Waals surface area contributed by atoms with E-state index in [1.54, 1.807) is 12.4 Å². The maximum Gasteiger partial charge on any atom is 0.139 e. The van der Waals surface area contributed by atoms with Crippen LogP contribution in [0.25, 0.3) is 16.9 Å². The van der Waals surface area contributed by atoms with Gasteiger partial charge in [0.05, 0.1) is 0 Å². The third kappa shape index (κ3) is 1.81. The van der Waals surface area contributed by atoms with Crippen molar-refractivity contribution >= 4 is 27.4 Å². The Morgan fingerprint density at radius 2 is 2.00 bits per heavy atom. The molecule has 0 spiro atoms. The number of hydrogen-bond donors (Lipinski definition) is 1. The Morgan fingerprint density at radius 1 is 1.21 bits per heavy atom. The molecule has 5 heteroatoms. The van der Waals surface area contributed by atoms with E-state index < -0.39 is 0 Å². The number of aromatic nitrogens is 3. The second-order valence-corrected chi connectivity index (χ2v) is 5.35. The molecule has 0 saturated carbocycles. The summed E-state index contributed by atoms with van der Waals surface area (Å²) in [5, 5.41) is 0. The van der Waals surface area contributed by atoms with Gasteiger partial charge in [0.1, 0.15) is 17.2 Å². The first-order valence-electron chi connectivity index (χ1n) is 5.93. The lowest BCUT2D eigenvalue weighted by Gasteiger charge is -2.05. The van der Waals surface area contributed by atoms with Crippen molar-refractivity contribution in [3.05, 3.63) is 46.3 Å². The number of hydrogen-bond acceptors (Lipinski definition) is 3. The molecule has 0 aliphatic rings. The van der Waals surface area contributed by atoms with E-state index in [2.05, 4.69) is 25.9 Å². The Balaban J connectivity index is 2.36. The molecule has 0 aliphatic carbocycles. The average molecular weight is 317 g/mol. The van der Waals surface area contributed by atoms with Crippen molar-refractivity contribution in [2.75, 3.05) is 5.73 Å². The summed E-state index contributed by atoms with van der Waals surface area (Å²) in [5.74, 6) is 0.643. The van der Waals surface area contributed by atoms with Gasteiger partial charge < -0.3 is 5.73 Å². The van der Waals surface area contributed by atoms with Gasteiger partial charge in [0.2, 0.25) is 0 Å². The molecule has 0 fully saturated rings. The van der Waals surface area contributed by atoms with E-state index in [0.29, 0.717) is 5.82 Å². The molecule has 4 nitrogen and oxygen atoms in total. The maximum absolute atomic E-state index is 6.26. The van der Waals surface area contributed by atoms with Crippen LogP contribution in [0.2, 0.25) is 0 Å². The second kappa shape index (κ2) is 4.35. The number of pyridine rings is 2. The smallest absolute Gasteiger partial charge is 0.139 e. The number of aryl methyl sites for hydroxylation is 2. The van der Waals surface area contributed by atoms with Crippen LogP contribution in [-0.2, 0) is 0 Å². The number of nitrogen functional groups attached to an aromatic ring is 1. The first-order valence-corrected chi connectivity index (χ1v) is 6.73. The molecule has 96 valence electrons. The molecule has 3 heterocycles. The van der Waals surface area contributed by atoms with E-state index in [0.717, 1.165) is 32.6 Å². The van der Waals surface area contributed by atoms with Crippen LogP contribution in [0.1, 0.15) is 11.3 Å². The number of nitrogens with two attached hydrogens (primary N) is 1. The summed E-state index contributed by atoms with van der Waals surface area (Å²) in [5.41, 5.74) is 11.0. The van der Waals surface area contributed by atoms with Crippen molar-refractivity contribution in [2.24, 2.45) is 0 Å². The van der Waals surface area contributed by atoms with Gasteiger partial charge in [-0.25, -0.2) is 4.98 Å². The fourth-order valence-corrected chi connectivity index (χ4v) is 2.51. The number of rotatable bonds is 1. The summed E-state index contributed by atoms with van der Waals surface area (Å²) >= 11 is 3.51. The average Bonchev–Trinajstić information content (AvgIpc) is 2.73. The number of anilines is 1. The Morgan fingerprint density at radius 3 is 2.74 bits per heavy atom. The molecule has 2 N–H and O–H groups in total. The quantitative estimate of drug-likeness (QED) is 0.749. The molecule has 0 atom stereocenters. The van der Waals surface area contributed by atoms with Gasteiger partial charge in [0.25, 0.3) is 0 Å². The molecule has 3 aromatic rings. The van der Waals surface area contributed by atoms with Crippen LogP contribution in [0, 0.1) is 13.8 Å². The molecule has 0 aliphatic heterocycles. The minimum atomic E-state index is 0.643. The van der Waals surface area contributed by atoms with Crippen molar-refractivity contribution in [1.29, 1.82) is 0 Å². The van der Waals surface area contributed by atoms with Crippen LogP contribution in [0.3, 0.4) is 0 Å². The summed E-state index contributed by atoms with van der Waals surface area (Å²) < 4.78 is 2.96. The Bertz CT molecular complexity index is 776. The van der Waals surface area contributed by atoms with E-state index in [9.17, 15) is 0 Å². The molecular formula is C14H13BrN4. The molecule has 3 aromatic heterocycles. The van der Waals surface area contributed by atoms with Crippen LogP contribution < -0.4 is 5.73 Å². The predicted molar refractivity (Wildman–Crippen MR) is 80.0 cm³/mol. The van der Waals surface area contributed by atoms with E-state index in [4.69, 9.17) is 5.73 Å². The monoisotopic (exact) mass is 316 g/mol. The third-order valence-corrected chi connectivity index (χ3v) is 4.13. The summed E-state index contributed by atoms with van der Waals surface area (Å²) in [6.07, 6.45) is 3.57. The molecule has 0 aromatic carbocycles. The van der Waals surface area contributed by atoms with Gasteiger partial charge in [-0.05, 0) is 53.5 Å². The minimum Gasteiger partial charge on any atom is -0.383 e. The zero-order valence-electron chi connectivity index (χ0n) is 10.7. The van der Waals surface area contributed by atoms with Gasteiger partial charge in [-0.1, -0.05) is 0 Å². The second-order valence-electron chi connectivity index (χ2n) is 4.50.